The number of benzene rings is 2. The quantitative estimate of drug-likeness (QED) is 0.629. The van der Waals surface area contributed by atoms with E-state index in [1.54, 1.807) is 25.1 Å². The molecule has 0 radical (unpaired) electrons. The van der Waals surface area contributed by atoms with E-state index in [-0.39, 0.29) is 11.7 Å². The predicted octanol–water partition coefficient (Wildman–Crippen LogP) is 3.74. The average Bonchev–Trinajstić information content (AvgIpc) is 2.65. The molecule has 0 aliphatic rings. The van der Waals surface area contributed by atoms with Crippen LogP contribution in [0.15, 0.2) is 42.5 Å². The molecule has 0 aromatic heterocycles. The number of hydrogen-bond donors (Lipinski definition) is 1. The molecule has 1 atom stereocenters. The van der Waals surface area contributed by atoms with Crippen LogP contribution in [0.25, 0.3) is 0 Å². The summed E-state index contributed by atoms with van der Waals surface area (Å²) in [5.41, 5.74) is 3.24. The molecule has 2 rings (SSSR count). The van der Waals surface area contributed by atoms with Gasteiger partial charge in [0.05, 0.1) is 11.9 Å². The molecular weight excluding hydrogens is 391 g/mol. The van der Waals surface area contributed by atoms with E-state index in [1.807, 2.05) is 26.0 Å². The van der Waals surface area contributed by atoms with E-state index in [9.17, 15) is 17.6 Å². The van der Waals surface area contributed by atoms with Crippen LogP contribution in [0.3, 0.4) is 0 Å². The number of aryl methyl sites for hydroxylation is 3. The Morgan fingerprint density at radius 3 is 2.38 bits per heavy atom. The second-order valence-electron chi connectivity index (χ2n) is 7.29. The van der Waals surface area contributed by atoms with Crippen molar-refractivity contribution >= 4 is 21.6 Å². The van der Waals surface area contributed by atoms with E-state index >= 15 is 0 Å². The van der Waals surface area contributed by atoms with Gasteiger partial charge < -0.3 is 5.32 Å². The van der Waals surface area contributed by atoms with Gasteiger partial charge in [0.2, 0.25) is 15.9 Å². The Labute approximate surface area is 173 Å². The highest BCUT2D eigenvalue weighted by Crippen LogP contribution is 2.27. The van der Waals surface area contributed by atoms with Crippen molar-refractivity contribution < 1.29 is 17.6 Å². The molecule has 2 aromatic carbocycles. The highest BCUT2D eigenvalue weighted by Gasteiger charge is 2.32. The van der Waals surface area contributed by atoms with Gasteiger partial charge in [-0.1, -0.05) is 31.2 Å². The zero-order chi connectivity index (χ0) is 21.6. The number of nitrogens with one attached hydrogen (secondary N) is 1. The monoisotopic (exact) mass is 420 g/mol. The lowest BCUT2D eigenvalue weighted by molar-refractivity contribution is -0.122. The Hall–Kier alpha value is -2.41. The van der Waals surface area contributed by atoms with Crippen LogP contribution in [0.4, 0.5) is 10.1 Å². The Bertz CT molecular complexity index is 943. The number of halogens is 1. The van der Waals surface area contributed by atoms with E-state index in [0.29, 0.717) is 31.5 Å². The van der Waals surface area contributed by atoms with Gasteiger partial charge in [-0.15, -0.1) is 0 Å². The van der Waals surface area contributed by atoms with Crippen molar-refractivity contribution in [2.45, 2.75) is 46.1 Å². The summed E-state index contributed by atoms with van der Waals surface area (Å²) in [7, 11) is -3.65. The molecule has 158 valence electrons. The summed E-state index contributed by atoms with van der Waals surface area (Å²) >= 11 is 0. The number of anilines is 1. The topological polar surface area (TPSA) is 66.5 Å². The lowest BCUT2D eigenvalue weighted by Crippen LogP contribution is -2.49. The van der Waals surface area contributed by atoms with Crippen LogP contribution in [0.5, 0.6) is 0 Å². The first-order valence-electron chi connectivity index (χ1n) is 9.72. The summed E-state index contributed by atoms with van der Waals surface area (Å²) in [6.07, 6.45) is 2.85. The van der Waals surface area contributed by atoms with E-state index in [0.717, 1.165) is 22.9 Å². The largest absolute Gasteiger partial charge is 0.354 e. The van der Waals surface area contributed by atoms with E-state index in [1.165, 1.54) is 16.4 Å². The number of carbonyl (C=O) groups is 1. The lowest BCUT2D eigenvalue weighted by Gasteiger charge is -2.31. The molecule has 0 fully saturated rings. The van der Waals surface area contributed by atoms with Crippen LogP contribution in [0.1, 0.15) is 36.5 Å². The summed E-state index contributed by atoms with van der Waals surface area (Å²) in [5, 5.41) is 2.85. The number of amides is 1. The van der Waals surface area contributed by atoms with Crippen LogP contribution in [-0.4, -0.2) is 33.2 Å². The molecule has 0 saturated carbocycles. The third kappa shape index (κ3) is 6.29. The minimum absolute atomic E-state index is 0.278. The van der Waals surface area contributed by atoms with Gasteiger partial charge >= 0.3 is 0 Å². The Kier molecular flexibility index (Phi) is 7.79. The Balaban J connectivity index is 2.10. The van der Waals surface area contributed by atoms with E-state index in [4.69, 9.17) is 0 Å². The summed E-state index contributed by atoms with van der Waals surface area (Å²) in [6.45, 7) is 5.93. The molecule has 29 heavy (non-hydrogen) atoms. The second kappa shape index (κ2) is 9.87. The van der Waals surface area contributed by atoms with Gasteiger partial charge in [0, 0.05) is 6.54 Å². The highest BCUT2D eigenvalue weighted by molar-refractivity contribution is 7.92. The smallest absolute Gasteiger partial charge is 0.243 e. The van der Waals surface area contributed by atoms with Crippen LogP contribution in [0, 0.1) is 19.7 Å². The van der Waals surface area contributed by atoms with Gasteiger partial charge in [-0.05, 0) is 68.0 Å². The first-order chi connectivity index (χ1) is 13.6. The molecule has 0 spiro atoms. The van der Waals surface area contributed by atoms with Crippen LogP contribution in [-0.2, 0) is 21.2 Å². The number of rotatable bonds is 9. The molecule has 0 saturated heterocycles. The average molecular weight is 421 g/mol. The molecule has 7 heteroatoms. The SMILES string of the molecule is CCC(C(=O)NCCCc1ccc(F)cc1)N(c1cc(C)ccc1C)S(C)(=O)=O. The molecule has 5 nitrogen and oxygen atoms in total. The molecule has 1 unspecified atom stereocenters. The molecule has 1 amide bonds. The third-order valence-electron chi connectivity index (χ3n) is 4.79. The number of carbonyl (C=O) groups excluding carboxylic acids is 1. The predicted molar refractivity (Wildman–Crippen MR) is 115 cm³/mol. The van der Waals surface area contributed by atoms with Gasteiger partial charge in [0.15, 0.2) is 0 Å². The molecule has 2 aromatic rings. The maximum Gasteiger partial charge on any atom is 0.243 e. The second-order valence-corrected chi connectivity index (χ2v) is 9.15. The maximum atomic E-state index is 13.0. The number of hydrogen-bond acceptors (Lipinski definition) is 3. The molecule has 0 aliphatic carbocycles. The van der Waals surface area contributed by atoms with E-state index in [2.05, 4.69) is 5.32 Å². The van der Waals surface area contributed by atoms with Gasteiger partial charge in [0.25, 0.3) is 0 Å². The molecule has 1 N–H and O–H groups in total. The summed E-state index contributed by atoms with van der Waals surface area (Å²) in [6, 6.07) is 11.0. The summed E-state index contributed by atoms with van der Waals surface area (Å²) in [4.78, 5) is 12.8. The fourth-order valence-electron chi connectivity index (χ4n) is 3.27. The highest BCUT2D eigenvalue weighted by atomic mass is 32.2. The van der Waals surface area contributed by atoms with Crippen molar-refractivity contribution in [3.05, 3.63) is 65.0 Å². The van der Waals surface area contributed by atoms with Gasteiger partial charge in [0.1, 0.15) is 11.9 Å². The van der Waals surface area contributed by atoms with Gasteiger partial charge in [-0.2, -0.15) is 0 Å². The number of nitrogens with zero attached hydrogens (tertiary/aromatic N) is 1. The van der Waals surface area contributed by atoms with Crippen molar-refractivity contribution in [3.63, 3.8) is 0 Å². The Morgan fingerprint density at radius 2 is 1.79 bits per heavy atom. The van der Waals surface area contributed by atoms with Crippen molar-refractivity contribution in [2.24, 2.45) is 0 Å². The maximum absolute atomic E-state index is 13.0. The minimum atomic E-state index is -3.65. The zero-order valence-electron chi connectivity index (χ0n) is 17.4. The van der Waals surface area contributed by atoms with Crippen molar-refractivity contribution in [3.8, 4) is 0 Å². The molecule has 0 aliphatic heterocycles. The fourth-order valence-corrected chi connectivity index (χ4v) is 4.53. The first-order valence-corrected chi connectivity index (χ1v) is 11.6. The first kappa shape index (κ1) is 22.9. The normalized spacial score (nSPS) is 12.4. The van der Waals surface area contributed by atoms with Crippen LogP contribution < -0.4 is 9.62 Å². The third-order valence-corrected chi connectivity index (χ3v) is 5.95. The molecule has 0 bridgehead atoms. The minimum Gasteiger partial charge on any atom is -0.354 e. The van der Waals surface area contributed by atoms with Gasteiger partial charge in [-0.25, -0.2) is 12.8 Å². The molecule has 0 heterocycles. The van der Waals surface area contributed by atoms with E-state index < -0.39 is 16.1 Å². The van der Waals surface area contributed by atoms with Crippen LogP contribution in [0.2, 0.25) is 0 Å². The molecular formula is C22H29FN2O3S. The van der Waals surface area contributed by atoms with Crippen LogP contribution >= 0.6 is 0 Å². The van der Waals surface area contributed by atoms with Crippen molar-refractivity contribution in [1.82, 2.24) is 5.32 Å². The zero-order valence-corrected chi connectivity index (χ0v) is 18.2. The summed E-state index contributed by atoms with van der Waals surface area (Å²) < 4.78 is 39.3. The van der Waals surface area contributed by atoms with Gasteiger partial charge in [-0.3, -0.25) is 9.10 Å². The fraction of sp³-hybridized carbons (Fsp3) is 0.409. The summed E-state index contributed by atoms with van der Waals surface area (Å²) in [5.74, 6) is -0.599. The lowest BCUT2D eigenvalue weighted by atomic mass is 10.1. The Morgan fingerprint density at radius 1 is 1.14 bits per heavy atom. The van der Waals surface area contributed by atoms with Crippen molar-refractivity contribution in [2.75, 3.05) is 17.1 Å². The van der Waals surface area contributed by atoms with Crippen molar-refractivity contribution in [1.29, 1.82) is 0 Å². The number of sulfonamides is 1. The standard InChI is InChI=1S/C22H29FN2O3S/c1-5-20(22(26)24-14-6-7-18-10-12-19(23)13-11-18)25(29(4,27)28)21-15-16(2)8-9-17(21)3/h8-13,15,20H,5-7,14H2,1-4H3,(H,24,26).